The van der Waals surface area contributed by atoms with Crippen molar-refractivity contribution >= 4 is 21.7 Å². The smallest absolute Gasteiger partial charge is 0.164 e. The zero-order valence-corrected chi connectivity index (χ0v) is 30.4. The van der Waals surface area contributed by atoms with Crippen molar-refractivity contribution in [3.8, 4) is 78.8 Å². The van der Waals surface area contributed by atoms with Crippen LogP contribution in [0.3, 0.4) is 0 Å². The fourth-order valence-corrected chi connectivity index (χ4v) is 7.60. The van der Waals surface area contributed by atoms with Gasteiger partial charge < -0.3 is 0 Å². The van der Waals surface area contributed by atoms with Crippen LogP contribution in [-0.2, 0) is 0 Å². The van der Waals surface area contributed by atoms with Crippen LogP contribution in [0.25, 0.3) is 100 Å². The lowest BCUT2D eigenvalue weighted by molar-refractivity contribution is 1.07. The van der Waals surface area contributed by atoms with E-state index in [0.29, 0.717) is 17.5 Å². The quantitative estimate of drug-likeness (QED) is 0.154. The molecule has 0 aliphatic heterocycles. The molecule has 262 valence electrons. The Hall–Kier alpha value is -7.56. The monoisotopic (exact) mass is 714 g/mol. The summed E-state index contributed by atoms with van der Waals surface area (Å²) in [6.07, 6.45) is 0. The van der Waals surface area contributed by atoms with Gasteiger partial charge in [0.15, 0.2) is 17.5 Å². The molecule has 0 N–H and O–H groups in total. The Morgan fingerprint density at radius 2 is 0.661 bits per heavy atom. The normalized spacial score (nSPS) is 11.2. The predicted molar refractivity (Wildman–Crippen MR) is 231 cm³/mol. The summed E-state index contributed by atoms with van der Waals surface area (Å²) in [5.74, 6) is 1.91. The standard InChI is InChI=1S/C52H34N4/c1-5-16-35(17-6-1)41-24-13-25-42(34-41)48-45-28-14-26-43(36-18-7-2-8-19-36)47(45)46-29-15-27-44(49(46)53-48)37-30-32-40(33-31-37)52-55-50(38-20-9-3-10-21-38)54-51(56-52)39-22-11-4-12-23-39/h1-34H. The van der Waals surface area contributed by atoms with Crippen molar-refractivity contribution in [2.24, 2.45) is 0 Å². The molecule has 8 aromatic carbocycles. The third-order valence-electron chi connectivity index (χ3n) is 10.3. The van der Waals surface area contributed by atoms with E-state index in [9.17, 15) is 0 Å². The minimum atomic E-state index is 0.624. The van der Waals surface area contributed by atoms with Crippen LogP contribution in [-0.4, -0.2) is 19.9 Å². The Balaban J connectivity index is 1.15. The van der Waals surface area contributed by atoms with Gasteiger partial charge in [0, 0.05) is 44.0 Å². The lowest BCUT2D eigenvalue weighted by Gasteiger charge is -2.17. The average molecular weight is 715 g/mol. The van der Waals surface area contributed by atoms with E-state index in [1.54, 1.807) is 0 Å². The van der Waals surface area contributed by atoms with E-state index in [1.165, 1.54) is 22.1 Å². The molecular weight excluding hydrogens is 681 g/mol. The summed E-state index contributed by atoms with van der Waals surface area (Å²) in [6, 6.07) is 71.7. The number of hydrogen-bond donors (Lipinski definition) is 0. The Bertz CT molecular complexity index is 2930. The highest BCUT2D eigenvalue weighted by Gasteiger charge is 2.18. The first-order valence-electron chi connectivity index (χ1n) is 18.8. The molecule has 0 amide bonds. The second-order valence-corrected chi connectivity index (χ2v) is 13.8. The van der Waals surface area contributed by atoms with Crippen molar-refractivity contribution in [1.29, 1.82) is 0 Å². The topological polar surface area (TPSA) is 51.6 Å². The molecule has 0 unspecified atom stereocenters. The van der Waals surface area contributed by atoms with Crippen molar-refractivity contribution in [1.82, 2.24) is 19.9 Å². The van der Waals surface area contributed by atoms with Gasteiger partial charge in [0.25, 0.3) is 0 Å². The number of pyridine rings is 1. The number of fused-ring (bicyclic) bond motifs is 3. The van der Waals surface area contributed by atoms with Gasteiger partial charge in [-0.1, -0.05) is 200 Å². The van der Waals surface area contributed by atoms with Gasteiger partial charge in [-0.05, 0) is 33.9 Å². The molecule has 10 rings (SSSR count). The second-order valence-electron chi connectivity index (χ2n) is 13.8. The maximum absolute atomic E-state index is 5.56. The lowest BCUT2D eigenvalue weighted by Crippen LogP contribution is -2.00. The van der Waals surface area contributed by atoms with E-state index in [4.69, 9.17) is 19.9 Å². The lowest BCUT2D eigenvalue weighted by atomic mass is 9.90. The van der Waals surface area contributed by atoms with E-state index >= 15 is 0 Å². The summed E-state index contributed by atoms with van der Waals surface area (Å²) in [4.78, 5) is 20.4. The third kappa shape index (κ3) is 6.19. The molecule has 2 heterocycles. The van der Waals surface area contributed by atoms with Crippen LogP contribution in [0.4, 0.5) is 0 Å². The molecule has 0 aliphatic rings. The summed E-state index contributed by atoms with van der Waals surface area (Å²) in [7, 11) is 0. The van der Waals surface area contributed by atoms with Gasteiger partial charge in [0.1, 0.15) is 0 Å². The van der Waals surface area contributed by atoms with E-state index in [0.717, 1.165) is 60.9 Å². The van der Waals surface area contributed by atoms with Gasteiger partial charge in [-0.15, -0.1) is 0 Å². The minimum Gasteiger partial charge on any atom is -0.246 e. The van der Waals surface area contributed by atoms with Crippen molar-refractivity contribution in [3.63, 3.8) is 0 Å². The largest absolute Gasteiger partial charge is 0.246 e. The molecule has 10 aromatic rings. The van der Waals surface area contributed by atoms with Crippen molar-refractivity contribution < 1.29 is 0 Å². The minimum absolute atomic E-state index is 0.624. The summed E-state index contributed by atoms with van der Waals surface area (Å²) >= 11 is 0. The second kappa shape index (κ2) is 14.3. The molecule has 4 heteroatoms. The molecule has 0 fully saturated rings. The van der Waals surface area contributed by atoms with Crippen LogP contribution in [0.2, 0.25) is 0 Å². The zero-order valence-electron chi connectivity index (χ0n) is 30.4. The molecule has 0 atom stereocenters. The average Bonchev–Trinajstić information content (AvgIpc) is 3.29. The number of rotatable bonds is 7. The first-order valence-corrected chi connectivity index (χ1v) is 18.8. The third-order valence-corrected chi connectivity index (χ3v) is 10.3. The molecule has 0 saturated carbocycles. The number of hydrogen-bond acceptors (Lipinski definition) is 4. The Morgan fingerprint density at radius 1 is 0.250 bits per heavy atom. The van der Waals surface area contributed by atoms with Crippen LogP contribution >= 0.6 is 0 Å². The first-order chi connectivity index (χ1) is 27.8. The molecule has 0 spiro atoms. The SMILES string of the molecule is c1ccc(-c2cccc(-c3nc4c(-c5ccc(-c6nc(-c7ccccc7)nc(-c7ccccc7)n6)cc5)cccc4c4c(-c5ccccc5)cccc34)c2)cc1. The van der Waals surface area contributed by atoms with Crippen molar-refractivity contribution in [2.75, 3.05) is 0 Å². The summed E-state index contributed by atoms with van der Waals surface area (Å²) < 4.78 is 0. The van der Waals surface area contributed by atoms with Gasteiger partial charge in [0.2, 0.25) is 0 Å². The van der Waals surface area contributed by atoms with Gasteiger partial charge in [0.05, 0.1) is 11.2 Å². The van der Waals surface area contributed by atoms with Crippen LogP contribution in [0.5, 0.6) is 0 Å². The van der Waals surface area contributed by atoms with E-state index in [2.05, 4.69) is 146 Å². The highest BCUT2D eigenvalue weighted by atomic mass is 15.0. The van der Waals surface area contributed by atoms with E-state index in [-0.39, 0.29) is 0 Å². The summed E-state index contributed by atoms with van der Waals surface area (Å²) in [5, 5.41) is 3.42. The molecule has 0 bridgehead atoms. The molecular formula is C52H34N4. The summed E-state index contributed by atoms with van der Waals surface area (Å²) in [5.41, 5.74) is 12.6. The highest BCUT2D eigenvalue weighted by molar-refractivity contribution is 6.19. The van der Waals surface area contributed by atoms with E-state index < -0.39 is 0 Å². The van der Waals surface area contributed by atoms with Crippen LogP contribution in [0, 0.1) is 0 Å². The fraction of sp³-hybridized carbons (Fsp3) is 0. The molecule has 0 saturated heterocycles. The number of para-hydroxylation sites is 1. The van der Waals surface area contributed by atoms with Gasteiger partial charge in [-0.3, -0.25) is 0 Å². The molecule has 56 heavy (non-hydrogen) atoms. The number of benzene rings is 8. The maximum atomic E-state index is 5.56. The highest BCUT2D eigenvalue weighted by Crippen LogP contribution is 2.42. The van der Waals surface area contributed by atoms with Crippen molar-refractivity contribution in [3.05, 3.63) is 206 Å². The Labute approximate surface area is 325 Å². The van der Waals surface area contributed by atoms with E-state index in [1.807, 2.05) is 60.7 Å². The zero-order chi connectivity index (χ0) is 37.3. The van der Waals surface area contributed by atoms with Gasteiger partial charge in [-0.2, -0.15) is 0 Å². The van der Waals surface area contributed by atoms with Crippen LogP contribution < -0.4 is 0 Å². The van der Waals surface area contributed by atoms with Gasteiger partial charge in [-0.25, -0.2) is 19.9 Å². The van der Waals surface area contributed by atoms with Crippen LogP contribution in [0.1, 0.15) is 0 Å². The Morgan fingerprint density at radius 3 is 1.25 bits per heavy atom. The van der Waals surface area contributed by atoms with Crippen molar-refractivity contribution in [2.45, 2.75) is 0 Å². The molecule has 4 nitrogen and oxygen atoms in total. The van der Waals surface area contributed by atoms with Gasteiger partial charge >= 0.3 is 0 Å². The van der Waals surface area contributed by atoms with Crippen LogP contribution in [0.15, 0.2) is 206 Å². The number of nitrogens with zero attached hydrogens (tertiary/aromatic N) is 4. The Kier molecular flexibility index (Phi) is 8.47. The fourth-order valence-electron chi connectivity index (χ4n) is 7.60. The summed E-state index contributed by atoms with van der Waals surface area (Å²) in [6.45, 7) is 0. The first kappa shape index (κ1) is 33.0. The predicted octanol–water partition coefficient (Wildman–Crippen LogP) is 13.2. The number of aromatic nitrogens is 4. The maximum Gasteiger partial charge on any atom is 0.164 e. The molecule has 2 aromatic heterocycles. The molecule has 0 aliphatic carbocycles. The molecule has 0 radical (unpaired) electrons.